The fourth-order valence-electron chi connectivity index (χ4n) is 3.37. The van der Waals surface area contributed by atoms with E-state index in [1.807, 2.05) is 4.90 Å². The standard InChI is InChI=1S/C16H20Cl2FN3O.ClH/c17-15-11(3-4-13(19)16(15)18)9-21-6-1-2-12(10-21)22-7-5-20-8-14(22)23;/h3-4,12,20H,1-2,5-10H2;1H. The van der Waals surface area contributed by atoms with E-state index in [1.165, 1.54) is 6.07 Å². The number of nitrogens with one attached hydrogen (secondary N) is 1. The second-order valence-electron chi connectivity index (χ2n) is 6.13. The molecule has 0 bridgehead atoms. The first-order chi connectivity index (χ1) is 11.1. The number of piperidine rings is 1. The van der Waals surface area contributed by atoms with Gasteiger partial charge in [0, 0.05) is 32.2 Å². The Morgan fingerprint density at radius 2 is 2.04 bits per heavy atom. The summed E-state index contributed by atoms with van der Waals surface area (Å²) < 4.78 is 13.4. The molecule has 1 atom stereocenters. The molecule has 1 amide bonds. The third-order valence-electron chi connectivity index (χ3n) is 4.56. The van der Waals surface area contributed by atoms with Crippen molar-refractivity contribution in [1.82, 2.24) is 15.1 Å². The van der Waals surface area contributed by atoms with Gasteiger partial charge in [-0.15, -0.1) is 12.4 Å². The number of piperazine rings is 1. The highest BCUT2D eigenvalue weighted by Gasteiger charge is 2.30. The van der Waals surface area contributed by atoms with Gasteiger partial charge >= 0.3 is 0 Å². The number of carbonyl (C=O) groups is 1. The molecule has 2 aliphatic heterocycles. The summed E-state index contributed by atoms with van der Waals surface area (Å²) >= 11 is 12.0. The van der Waals surface area contributed by atoms with Crippen molar-refractivity contribution >= 4 is 41.5 Å². The van der Waals surface area contributed by atoms with Gasteiger partial charge in [0.15, 0.2) is 0 Å². The number of amides is 1. The molecule has 2 fully saturated rings. The zero-order chi connectivity index (χ0) is 16.4. The van der Waals surface area contributed by atoms with Gasteiger partial charge in [0.2, 0.25) is 5.91 Å². The van der Waals surface area contributed by atoms with Gasteiger partial charge in [0.1, 0.15) is 5.82 Å². The zero-order valence-electron chi connectivity index (χ0n) is 13.2. The molecule has 1 aromatic rings. The maximum Gasteiger partial charge on any atom is 0.236 e. The summed E-state index contributed by atoms with van der Waals surface area (Å²) in [6, 6.07) is 3.28. The second-order valence-corrected chi connectivity index (χ2v) is 6.89. The summed E-state index contributed by atoms with van der Waals surface area (Å²) in [6.07, 6.45) is 2.06. The molecular formula is C16H21Cl3FN3O. The molecular weight excluding hydrogens is 376 g/mol. The number of halogens is 4. The molecule has 1 aromatic carbocycles. The Morgan fingerprint density at radius 1 is 1.25 bits per heavy atom. The SMILES string of the molecule is Cl.O=C1CNCCN1C1CCCN(Cc2ccc(F)c(Cl)c2Cl)C1. The Bertz CT molecular complexity index is 602. The van der Waals surface area contributed by atoms with Gasteiger partial charge in [0.05, 0.1) is 16.6 Å². The van der Waals surface area contributed by atoms with Crippen molar-refractivity contribution in [1.29, 1.82) is 0 Å². The van der Waals surface area contributed by atoms with Gasteiger partial charge in [-0.2, -0.15) is 0 Å². The molecule has 0 spiro atoms. The lowest BCUT2D eigenvalue weighted by Crippen LogP contribution is -2.56. The highest BCUT2D eigenvalue weighted by Crippen LogP contribution is 2.30. The molecule has 4 nitrogen and oxygen atoms in total. The normalized spacial score (nSPS) is 22.4. The number of benzene rings is 1. The van der Waals surface area contributed by atoms with Crippen molar-refractivity contribution in [3.8, 4) is 0 Å². The van der Waals surface area contributed by atoms with Crippen molar-refractivity contribution in [2.24, 2.45) is 0 Å². The van der Waals surface area contributed by atoms with Gasteiger partial charge in [-0.25, -0.2) is 4.39 Å². The molecule has 2 heterocycles. The minimum absolute atomic E-state index is 0. The fourth-order valence-corrected chi connectivity index (χ4v) is 3.76. The summed E-state index contributed by atoms with van der Waals surface area (Å²) in [7, 11) is 0. The van der Waals surface area contributed by atoms with E-state index in [2.05, 4.69) is 10.2 Å². The highest BCUT2D eigenvalue weighted by molar-refractivity contribution is 6.42. The average molecular weight is 397 g/mol. The van der Waals surface area contributed by atoms with Crippen LogP contribution in [0, 0.1) is 5.82 Å². The monoisotopic (exact) mass is 395 g/mol. The molecule has 1 unspecified atom stereocenters. The number of likely N-dealkylation sites (tertiary alicyclic amines) is 1. The molecule has 0 saturated carbocycles. The van der Waals surface area contributed by atoms with E-state index in [-0.39, 0.29) is 34.4 Å². The average Bonchev–Trinajstić information content (AvgIpc) is 2.56. The van der Waals surface area contributed by atoms with Crippen LogP contribution in [0.5, 0.6) is 0 Å². The predicted molar refractivity (Wildman–Crippen MR) is 96.5 cm³/mol. The summed E-state index contributed by atoms with van der Waals surface area (Å²) in [6.45, 7) is 4.42. The first kappa shape index (κ1) is 19.7. The number of hydrogen-bond donors (Lipinski definition) is 1. The molecule has 0 radical (unpaired) electrons. The number of rotatable bonds is 3. The quantitative estimate of drug-likeness (QED) is 0.798. The van der Waals surface area contributed by atoms with Crippen LogP contribution in [0.1, 0.15) is 18.4 Å². The van der Waals surface area contributed by atoms with E-state index in [9.17, 15) is 9.18 Å². The van der Waals surface area contributed by atoms with Crippen molar-refractivity contribution in [2.45, 2.75) is 25.4 Å². The number of hydrogen-bond acceptors (Lipinski definition) is 3. The second kappa shape index (κ2) is 8.68. The van der Waals surface area contributed by atoms with Gasteiger partial charge in [-0.1, -0.05) is 29.3 Å². The van der Waals surface area contributed by atoms with E-state index in [0.717, 1.165) is 44.6 Å². The Balaban J connectivity index is 0.00000208. The van der Waals surface area contributed by atoms with Crippen LogP contribution in [0.3, 0.4) is 0 Å². The molecule has 2 saturated heterocycles. The van der Waals surface area contributed by atoms with E-state index in [1.54, 1.807) is 6.07 Å². The van der Waals surface area contributed by atoms with Crippen LogP contribution in [0.15, 0.2) is 12.1 Å². The summed E-state index contributed by atoms with van der Waals surface area (Å²) in [5.41, 5.74) is 0.824. The Hall–Kier alpha value is -0.590. The summed E-state index contributed by atoms with van der Waals surface area (Å²) in [5, 5.41) is 3.37. The predicted octanol–water partition coefficient (Wildman–Crippen LogP) is 2.95. The fraction of sp³-hybridized carbons (Fsp3) is 0.562. The minimum Gasteiger partial charge on any atom is -0.336 e. The first-order valence-corrected chi connectivity index (χ1v) is 8.67. The molecule has 0 aliphatic carbocycles. The van der Waals surface area contributed by atoms with Gasteiger partial charge in [-0.05, 0) is 31.0 Å². The zero-order valence-corrected chi connectivity index (χ0v) is 15.6. The largest absolute Gasteiger partial charge is 0.336 e. The maximum atomic E-state index is 13.4. The van der Waals surface area contributed by atoms with Gasteiger partial charge in [-0.3, -0.25) is 9.69 Å². The van der Waals surface area contributed by atoms with Crippen molar-refractivity contribution in [3.63, 3.8) is 0 Å². The van der Waals surface area contributed by atoms with Crippen LogP contribution in [-0.2, 0) is 11.3 Å². The van der Waals surface area contributed by atoms with Crippen LogP contribution in [-0.4, -0.2) is 54.5 Å². The van der Waals surface area contributed by atoms with Crippen LogP contribution < -0.4 is 5.32 Å². The van der Waals surface area contributed by atoms with E-state index >= 15 is 0 Å². The lowest BCUT2D eigenvalue weighted by atomic mass is 10.0. The van der Waals surface area contributed by atoms with E-state index in [4.69, 9.17) is 23.2 Å². The first-order valence-electron chi connectivity index (χ1n) is 7.91. The van der Waals surface area contributed by atoms with E-state index in [0.29, 0.717) is 13.1 Å². The molecule has 2 aliphatic rings. The summed E-state index contributed by atoms with van der Waals surface area (Å²) in [4.78, 5) is 16.3. The van der Waals surface area contributed by atoms with Crippen molar-refractivity contribution in [2.75, 3.05) is 32.7 Å². The number of nitrogens with zero attached hydrogens (tertiary/aromatic N) is 2. The van der Waals surface area contributed by atoms with Crippen LogP contribution in [0.4, 0.5) is 4.39 Å². The topological polar surface area (TPSA) is 35.6 Å². The smallest absolute Gasteiger partial charge is 0.236 e. The lowest BCUT2D eigenvalue weighted by molar-refractivity contribution is -0.135. The van der Waals surface area contributed by atoms with Crippen molar-refractivity contribution in [3.05, 3.63) is 33.6 Å². The Morgan fingerprint density at radius 3 is 2.79 bits per heavy atom. The maximum absolute atomic E-state index is 13.4. The molecule has 8 heteroatoms. The highest BCUT2D eigenvalue weighted by atomic mass is 35.5. The minimum atomic E-state index is -0.497. The molecule has 0 aromatic heterocycles. The molecule has 24 heavy (non-hydrogen) atoms. The van der Waals surface area contributed by atoms with Crippen LogP contribution in [0.2, 0.25) is 10.0 Å². The molecule has 3 rings (SSSR count). The van der Waals surface area contributed by atoms with Crippen LogP contribution >= 0.6 is 35.6 Å². The summed E-state index contributed by atoms with van der Waals surface area (Å²) in [5.74, 6) is -0.325. The van der Waals surface area contributed by atoms with Gasteiger partial charge < -0.3 is 10.2 Å². The van der Waals surface area contributed by atoms with Crippen LogP contribution in [0.25, 0.3) is 0 Å². The van der Waals surface area contributed by atoms with Gasteiger partial charge in [0.25, 0.3) is 0 Å². The Kier molecular flexibility index (Phi) is 7.13. The van der Waals surface area contributed by atoms with E-state index < -0.39 is 5.82 Å². The number of carbonyl (C=O) groups excluding carboxylic acids is 1. The lowest BCUT2D eigenvalue weighted by Gasteiger charge is -2.41. The molecule has 134 valence electrons. The third-order valence-corrected chi connectivity index (χ3v) is 5.45. The molecule has 1 N–H and O–H groups in total. The third kappa shape index (κ3) is 4.33. The Labute approximate surface area is 157 Å². The van der Waals surface area contributed by atoms with Crippen molar-refractivity contribution < 1.29 is 9.18 Å².